The number of ether oxygens (including phenoxy) is 1. The zero-order valence-electron chi connectivity index (χ0n) is 8.48. The first-order valence-corrected chi connectivity index (χ1v) is 5.80. The number of carbonyl (C=O) groups excluding carboxylic acids is 1. The van der Waals surface area contributed by atoms with Gasteiger partial charge in [0.2, 0.25) is 5.91 Å². The molecule has 1 amide bonds. The molecule has 2 aliphatic rings. The Morgan fingerprint density at radius 1 is 1.43 bits per heavy atom. The minimum atomic E-state index is -0.184. The topological polar surface area (TPSA) is 29.5 Å². The lowest BCUT2D eigenvalue weighted by Gasteiger charge is -2.46. The predicted octanol–water partition coefficient (Wildman–Crippen LogP) is 1.08. The molecule has 2 bridgehead atoms. The van der Waals surface area contributed by atoms with Crippen molar-refractivity contribution in [2.24, 2.45) is 0 Å². The van der Waals surface area contributed by atoms with Gasteiger partial charge < -0.3 is 9.64 Å². The Balaban J connectivity index is 2.12. The summed E-state index contributed by atoms with van der Waals surface area (Å²) in [6.45, 7) is 3.27. The molecule has 2 aliphatic heterocycles. The van der Waals surface area contributed by atoms with E-state index in [-0.39, 0.29) is 11.2 Å². The molecular weight excluding hydrogens is 198 g/mol. The maximum absolute atomic E-state index is 11.9. The summed E-state index contributed by atoms with van der Waals surface area (Å²) >= 11 is 4.22. The Labute approximate surface area is 90.2 Å². The van der Waals surface area contributed by atoms with Gasteiger partial charge in [-0.2, -0.15) is 12.6 Å². The third-order valence-electron chi connectivity index (χ3n) is 3.09. The Hall–Kier alpha value is -0.220. The van der Waals surface area contributed by atoms with Crippen molar-refractivity contribution in [3.63, 3.8) is 0 Å². The predicted molar refractivity (Wildman–Crippen MR) is 57.5 cm³/mol. The van der Waals surface area contributed by atoms with E-state index >= 15 is 0 Å². The molecule has 0 aliphatic carbocycles. The fourth-order valence-corrected chi connectivity index (χ4v) is 2.54. The second kappa shape index (κ2) is 4.11. The first-order chi connectivity index (χ1) is 6.70. The van der Waals surface area contributed by atoms with Crippen molar-refractivity contribution in [2.75, 3.05) is 13.2 Å². The van der Waals surface area contributed by atoms with Crippen molar-refractivity contribution >= 4 is 18.5 Å². The summed E-state index contributed by atoms with van der Waals surface area (Å²) in [4.78, 5) is 13.9. The molecule has 3 nitrogen and oxygen atoms in total. The van der Waals surface area contributed by atoms with Crippen LogP contribution < -0.4 is 0 Å². The summed E-state index contributed by atoms with van der Waals surface area (Å²) in [6.07, 6.45) is 3.40. The van der Waals surface area contributed by atoms with Crippen LogP contribution in [0.2, 0.25) is 0 Å². The van der Waals surface area contributed by atoms with Crippen molar-refractivity contribution < 1.29 is 9.53 Å². The van der Waals surface area contributed by atoms with E-state index in [0.717, 1.165) is 12.8 Å². The molecule has 0 N–H and O–H groups in total. The van der Waals surface area contributed by atoms with E-state index in [4.69, 9.17) is 4.74 Å². The van der Waals surface area contributed by atoms with Crippen LogP contribution in [-0.4, -0.2) is 41.4 Å². The highest BCUT2D eigenvalue weighted by atomic mass is 32.1. The van der Waals surface area contributed by atoms with Crippen LogP contribution in [0.15, 0.2) is 0 Å². The largest absolute Gasteiger partial charge is 0.377 e. The molecule has 14 heavy (non-hydrogen) atoms. The molecule has 0 aromatic heterocycles. The summed E-state index contributed by atoms with van der Waals surface area (Å²) < 4.78 is 5.48. The molecular formula is C10H17NO2S. The SMILES string of the molecule is CC(S)C(=O)N1C2CCCC1COC2. The fraction of sp³-hybridized carbons (Fsp3) is 0.900. The van der Waals surface area contributed by atoms with E-state index in [0.29, 0.717) is 25.3 Å². The van der Waals surface area contributed by atoms with Crippen LogP contribution >= 0.6 is 12.6 Å². The number of fused-ring (bicyclic) bond motifs is 2. The second-order valence-corrected chi connectivity index (χ2v) is 4.97. The van der Waals surface area contributed by atoms with Crippen LogP contribution in [-0.2, 0) is 9.53 Å². The number of hydrogen-bond donors (Lipinski definition) is 1. The van der Waals surface area contributed by atoms with Gasteiger partial charge in [-0.15, -0.1) is 0 Å². The molecule has 3 unspecified atom stereocenters. The van der Waals surface area contributed by atoms with Gasteiger partial charge in [-0.05, 0) is 26.2 Å². The fourth-order valence-electron chi connectivity index (χ4n) is 2.41. The van der Waals surface area contributed by atoms with E-state index in [9.17, 15) is 4.79 Å². The van der Waals surface area contributed by atoms with E-state index in [2.05, 4.69) is 12.6 Å². The zero-order chi connectivity index (χ0) is 10.1. The van der Waals surface area contributed by atoms with Crippen LogP contribution in [0.1, 0.15) is 26.2 Å². The quantitative estimate of drug-likeness (QED) is 0.663. The Bertz CT molecular complexity index is 210. The highest BCUT2D eigenvalue weighted by Crippen LogP contribution is 2.28. The third-order valence-corrected chi connectivity index (χ3v) is 3.31. The number of carbonyl (C=O) groups is 1. The molecule has 0 aromatic rings. The zero-order valence-corrected chi connectivity index (χ0v) is 9.37. The van der Waals surface area contributed by atoms with Gasteiger partial charge in [0.1, 0.15) is 0 Å². The lowest BCUT2D eigenvalue weighted by molar-refractivity contribution is -0.149. The van der Waals surface area contributed by atoms with Gasteiger partial charge in [0, 0.05) is 0 Å². The molecule has 2 fully saturated rings. The standard InChI is InChI=1S/C10H17NO2S/c1-7(14)10(12)11-8-3-2-4-9(11)6-13-5-8/h7-9,14H,2-6H2,1H3. The van der Waals surface area contributed by atoms with Crippen molar-refractivity contribution in [2.45, 2.75) is 43.5 Å². The van der Waals surface area contributed by atoms with Crippen molar-refractivity contribution in [1.29, 1.82) is 0 Å². The lowest BCUT2D eigenvalue weighted by atomic mass is 9.94. The van der Waals surface area contributed by atoms with Crippen LogP contribution in [0.5, 0.6) is 0 Å². The lowest BCUT2D eigenvalue weighted by Crippen LogP contribution is -2.58. The summed E-state index contributed by atoms with van der Waals surface area (Å²) in [5.74, 6) is 0.173. The van der Waals surface area contributed by atoms with Crippen LogP contribution in [0.4, 0.5) is 0 Å². The highest BCUT2D eigenvalue weighted by Gasteiger charge is 2.38. The maximum Gasteiger partial charge on any atom is 0.235 e. The Morgan fingerprint density at radius 3 is 2.50 bits per heavy atom. The van der Waals surface area contributed by atoms with Crippen LogP contribution in [0.3, 0.4) is 0 Å². The first-order valence-electron chi connectivity index (χ1n) is 5.28. The van der Waals surface area contributed by atoms with E-state index in [1.807, 2.05) is 11.8 Å². The molecule has 3 atom stereocenters. The van der Waals surface area contributed by atoms with Gasteiger partial charge in [0.05, 0.1) is 30.5 Å². The monoisotopic (exact) mass is 215 g/mol. The minimum Gasteiger partial charge on any atom is -0.377 e. The van der Waals surface area contributed by atoms with Crippen molar-refractivity contribution in [1.82, 2.24) is 4.90 Å². The normalized spacial score (nSPS) is 34.0. The van der Waals surface area contributed by atoms with Gasteiger partial charge in [-0.3, -0.25) is 4.79 Å². The van der Waals surface area contributed by atoms with E-state index in [1.54, 1.807) is 0 Å². The van der Waals surface area contributed by atoms with Gasteiger partial charge >= 0.3 is 0 Å². The molecule has 2 heterocycles. The number of thiol groups is 1. The number of hydrogen-bond acceptors (Lipinski definition) is 3. The maximum atomic E-state index is 11.9. The molecule has 0 saturated carbocycles. The van der Waals surface area contributed by atoms with Gasteiger partial charge in [0.25, 0.3) is 0 Å². The number of nitrogens with zero attached hydrogens (tertiary/aromatic N) is 1. The average molecular weight is 215 g/mol. The van der Waals surface area contributed by atoms with Crippen molar-refractivity contribution in [3.8, 4) is 0 Å². The molecule has 2 rings (SSSR count). The minimum absolute atomic E-state index is 0.173. The second-order valence-electron chi connectivity index (χ2n) is 4.20. The smallest absolute Gasteiger partial charge is 0.235 e. The van der Waals surface area contributed by atoms with E-state index < -0.39 is 0 Å². The number of rotatable bonds is 1. The van der Waals surface area contributed by atoms with E-state index in [1.165, 1.54) is 6.42 Å². The van der Waals surface area contributed by atoms with Crippen LogP contribution in [0.25, 0.3) is 0 Å². The average Bonchev–Trinajstić information content (AvgIpc) is 2.15. The van der Waals surface area contributed by atoms with Gasteiger partial charge in [0.15, 0.2) is 0 Å². The van der Waals surface area contributed by atoms with Crippen LogP contribution in [0, 0.1) is 0 Å². The number of piperidine rings is 1. The number of amides is 1. The molecule has 80 valence electrons. The van der Waals surface area contributed by atoms with Crippen molar-refractivity contribution in [3.05, 3.63) is 0 Å². The molecule has 0 spiro atoms. The first kappa shape index (κ1) is 10.3. The molecule has 0 aromatic carbocycles. The summed E-state index contributed by atoms with van der Waals surface area (Å²) in [5, 5.41) is -0.184. The highest BCUT2D eigenvalue weighted by molar-refractivity contribution is 7.81. The molecule has 2 saturated heterocycles. The molecule has 4 heteroatoms. The Kier molecular flexibility index (Phi) is 3.02. The van der Waals surface area contributed by atoms with Gasteiger partial charge in [-0.25, -0.2) is 0 Å². The summed E-state index contributed by atoms with van der Waals surface area (Å²) in [6, 6.07) is 0.620. The third kappa shape index (κ3) is 1.77. The van der Waals surface area contributed by atoms with Gasteiger partial charge in [-0.1, -0.05) is 0 Å². The number of morpholine rings is 1. The molecule has 0 radical (unpaired) electrons. The summed E-state index contributed by atoms with van der Waals surface area (Å²) in [5.41, 5.74) is 0. The Morgan fingerprint density at radius 2 is 2.00 bits per heavy atom. The summed E-state index contributed by atoms with van der Waals surface area (Å²) in [7, 11) is 0.